The van der Waals surface area contributed by atoms with Crippen LogP contribution in [-0.2, 0) is 17.9 Å². The molecule has 3 aromatic rings. The average molecular weight is 367 g/mol. The quantitative estimate of drug-likeness (QED) is 0.551. The number of ether oxygens (including phenoxy) is 1. The molecule has 0 saturated heterocycles. The first-order chi connectivity index (χ1) is 13.0. The molecule has 0 radical (unpaired) electrons. The summed E-state index contributed by atoms with van der Waals surface area (Å²) >= 11 is 0. The van der Waals surface area contributed by atoms with Gasteiger partial charge in [-0.2, -0.15) is 0 Å². The number of nitrogens with two attached hydrogens (primary N) is 2. The highest BCUT2D eigenvalue weighted by molar-refractivity contribution is 5.96. The number of alkyl carbamates (subject to hydrolysis) is 1. The number of amides is 2. The number of aryl methyl sites for hydroxylation is 1. The summed E-state index contributed by atoms with van der Waals surface area (Å²) in [4.78, 5) is 27.3. The summed E-state index contributed by atoms with van der Waals surface area (Å²) in [6.07, 6.45) is 0.182. The predicted molar refractivity (Wildman–Crippen MR) is 102 cm³/mol. The average Bonchev–Trinajstić information content (AvgIpc) is 2.98. The number of nitrogen functional groups attached to an aromatic ring is 1. The lowest BCUT2D eigenvalue weighted by Crippen LogP contribution is -2.26. The number of rotatable bonds is 7. The molecule has 0 fully saturated rings. The van der Waals surface area contributed by atoms with Gasteiger partial charge in [-0.05, 0) is 30.2 Å². The Morgan fingerprint density at radius 1 is 1.15 bits per heavy atom. The van der Waals surface area contributed by atoms with Gasteiger partial charge < -0.3 is 26.1 Å². The van der Waals surface area contributed by atoms with Crippen molar-refractivity contribution in [2.45, 2.75) is 19.6 Å². The molecule has 2 aromatic carbocycles. The Morgan fingerprint density at radius 3 is 2.67 bits per heavy atom. The second-order valence-electron chi connectivity index (χ2n) is 6.03. The van der Waals surface area contributed by atoms with Crippen LogP contribution in [0.25, 0.3) is 11.0 Å². The SMILES string of the molecule is NC(=O)c1ccc2c(c1)nc(N)n2CCCNC(=O)OCc1ccccc1. The molecule has 8 heteroatoms. The highest BCUT2D eigenvalue weighted by Crippen LogP contribution is 2.19. The first-order valence-corrected chi connectivity index (χ1v) is 8.54. The van der Waals surface area contributed by atoms with E-state index in [1.807, 2.05) is 34.9 Å². The van der Waals surface area contributed by atoms with Crippen LogP contribution in [0.2, 0.25) is 0 Å². The van der Waals surface area contributed by atoms with Gasteiger partial charge in [0.05, 0.1) is 11.0 Å². The van der Waals surface area contributed by atoms with E-state index in [4.69, 9.17) is 16.2 Å². The maximum absolute atomic E-state index is 11.7. The summed E-state index contributed by atoms with van der Waals surface area (Å²) < 4.78 is 6.99. The summed E-state index contributed by atoms with van der Waals surface area (Å²) in [5.41, 5.74) is 14.0. The summed E-state index contributed by atoms with van der Waals surface area (Å²) in [6.45, 7) is 1.23. The Balaban J connectivity index is 1.49. The molecule has 0 saturated carbocycles. The molecular weight excluding hydrogens is 346 g/mol. The van der Waals surface area contributed by atoms with Crippen LogP contribution >= 0.6 is 0 Å². The summed E-state index contributed by atoms with van der Waals surface area (Å²) in [5, 5.41) is 2.71. The fourth-order valence-electron chi connectivity index (χ4n) is 2.74. The van der Waals surface area contributed by atoms with Crippen molar-refractivity contribution in [2.75, 3.05) is 12.3 Å². The van der Waals surface area contributed by atoms with Crippen LogP contribution in [0, 0.1) is 0 Å². The fraction of sp³-hybridized carbons (Fsp3) is 0.211. The molecule has 140 valence electrons. The van der Waals surface area contributed by atoms with Crippen LogP contribution in [0.15, 0.2) is 48.5 Å². The number of anilines is 1. The standard InChI is InChI=1S/C19H21N5O3/c20-17(25)14-7-8-16-15(11-14)23-18(21)24(16)10-4-9-22-19(26)27-12-13-5-2-1-3-6-13/h1-3,5-8,11H,4,9-10,12H2,(H2,20,25)(H2,21,23)(H,22,26). The zero-order valence-corrected chi connectivity index (χ0v) is 14.7. The number of nitrogens with one attached hydrogen (secondary N) is 1. The molecule has 27 heavy (non-hydrogen) atoms. The van der Waals surface area contributed by atoms with Gasteiger partial charge in [0.15, 0.2) is 0 Å². The molecular formula is C19H21N5O3. The lowest BCUT2D eigenvalue weighted by atomic mass is 10.2. The van der Waals surface area contributed by atoms with E-state index in [0.717, 1.165) is 11.1 Å². The molecule has 0 aliphatic heterocycles. The van der Waals surface area contributed by atoms with Crippen molar-refractivity contribution < 1.29 is 14.3 Å². The third kappa shape index (κ3) is 4.55. The number of fused-ring (bicyclic) bond motifs is 1. The topological polar surface area (TPSA) is 125 Å². The van der Waals surface area contributed by atoms with Gasteiger partial charge in [0.1, 0.15) is 6.61 Å². The molecule has 0 aliphatic rings. The normalized spacial score (nSPS) is 10.7. The molecule has 8 nitrogen and oxygen atoms in total. The monoisotopic (exact) mass is 367 g/mol. The van der Waals surface area contributed by atoms with E-state index in [9.17, 15) is 9.59 Å². The Bertz CT molecular complexity index is 953. The molecule has 2 amide bonds. The number of nitrogens with zero attached hydrogens (tertiary/aromatic N) is 2. The predicted octanol–water partition coefficient (Wildman–Crippen LogP) is 2.03. The Labute approximate surface area is 156 Å². The molecule has 0 spiro atoms. The Hall–Kier alpha value is -3.55. The van der Waals surface area contributed by atoms with Crippen molar-refractivity contribution in [3.8, 4) is 0 Å². The molecule has 1 heterocycles. The van der Waals surface area contributed by atoms with Gasteiger partial charge in [-0.25, -0.2) is 9.78 Å². The van der Waals surface area contributed by atoms with Crippen LogP contribution < -0.4 is 16.8 Å². The first kappa shape index (κ1) is 18.2. The maximum atomic E-state index is 11.7. The lowest BCUT2D eigenvalue weighted by molar-refractivity contribution is 0.1000. The van der Waals surface area contributed by atoms with E-state index in [-0.39, 0.29) is 6.61 Å². The van der Waals surface area contributed by atoms with Crippen molar-refractivity contribution in [3.63, 3.8) is 0 Å². The van der Waals surface area contributed by atoms with Crippen molar-refractivity contribution in [1.82, 2.24) is 14.9 Å². The van der Waals surface area contributed by atoms with Crippen LogP contribution in [0.3, 0.4) is 0 Å². The van der Waals surface area contributed by atoms with Crippen LogP contribution in [0.4, 0.5) is 10.7 Å². The van der Waals surface area contributed by atoms with Gasteiger partial charge in [0.25, 0.3) is 0 Å². The highest BCUT2D eigenvalue weighted by Gasteiger charge is 2.10. The van der Waals surface area contributed by atoms with Gasteiger partial charge in [-0.3, -0.25) is 4.79 Å². The van der Waals surface area contributed by atoms with Crippen LogP contribution in [-0.4, -0.2) is 28.1 Å². The molecule has 0 unspecified atom stereocenters. The van der Waals surface area contributed by atoms with Gasteiger partial charge >= 0.3 is 6.09 Å². The van der Waals surface area contributed by atoms with Crippen LogP contribution in [0.1, 0.15) is 22.3 Å². The number of carbonyl (C=O) groups excluding carboxylic acids is 2. The molecule has 1 aromatic heterocycles. The molecule has 3 rings (SSSR count). The van der Waals surface area contributed by atoms with Crippen molar-refractivity contribution >= 4 is 29.0 Å². The summed E-state index contributed by atoms with van der Waals surface area (Å²) in [6, 6.07) is 14.5. The summed E-state index contributed by atoms with van der Waals surface area (Å²) in [7, 11) is 0. The number of hydrogen-bond acceptors (Lipinski definition) is 5. The zero-order valence-electron chi connectivity index (χ0n) is 14.7. The lowest BCUT2D eigenvalue weighted by Gasteiger charge is -2.09. The van der Waals surface area contributed by atoms with Crippen LogP contribution in [0.5, 0.6) is 0 Å². The third-order valence-electron chi connectivity index (χ3n) is 4.10. The number of benzene rings is 2. The Kier molecular flexibility index (Phi) is 5.55. The van der Waals surface area contributed by atoms with Gasteiger partial charge in [-0.1, -0.05) is 30.3 Å². The highest BCUT2D eigenvalue weighted by atomic mass is 16.5. The van der Waals surface area contributed by atoms with Crippen molar-refractivity contribution in [2.24, 2.45) is 5.73 Å². The molecule has 0 atom stereocenters. The number of carbonyl (C=O) groups is 2. The van der Waals surface area contributed by atoms with E-state index in [0.29, 0.717) is 36.5 Å². The number of aromatic nitrogens is 2. The minimum Gasteiger partial charge on any atom is -0.445 e. The first-order valence-electron chi connectivity index (χ1n) is 8.54. The van der Waals surface area contributed by atoms with Gasteiger partial charge in [-0.15, -0.1) is 0 Å². The Morgan fingerprint density at radius 2 is 1.93 bits per heavy atom. The second kappa shape index (κ2) is 8.22. The third-order valence-corrected chi connectivity index (χ3v) is 4.10. The van der Waals surface area contributed by atoms with Crippen molar-refractivity contribution in [3.05, 3.63) is 59.7 Å². The van der Waals surface area contributed by atoms with E-state index in [1.165, 1.54) is 0 Å². The maximum Gasteiger partial charge on any atom is 0.407 e. The van der Waals surface area contributed by atoms with E-state index >= 15 is 0 Å². The minimum atomic E-state index is -0.511. The zero-order chi connectivity index (χ0) is 19.2. The molecule has 0 aliphatic carbocycles. The fourth-order valence-corrected chi connectivity index (χ4v) is 2.74. The minimum absolute atomic E-state index is 0.230. The number of hydrogen-bond donors (Lipinski definition) is 3. The van der Waals surface area contributed by atoms with Crippen molar-refractivity contribution in [1.29, 1.82) is 0 Å². The van der Waals surface area contributed by atoms with E-state index in [1.54, 1.807) is 18.2 Å². The van der Waals surface area contributed by atoms with Gasteiger partial charge in [0.2, 0.25) is 11.9 Å². The summed E-state index contributed by atoms with van der Waals surface area (Å²) in [5.74, 6) is -0.165. The van der Waals surface area contributed by atoms with E-state index in [2.05, 4.69) is 10.3 Å². The van der Waals surface area contributed by atoms with Gasteiger partial charge in [0, 0.05) is 18.7 Å². The number of imidazole rings is 1. The van der Waals surface area contributed by atoms with E-state index < -0.39 is 12.0 Å². The smallest absolute Gasteiger partial charge is 0.407 e. The number of primary amides is 1. The second-order valence-corrected chi connectivity index (χ2v) is 6.03. The molecule has 0 bridgehead atoms. The largest absolute Gasteiger partial charge is 0.445 e. The molecule has 5 N–H and O–H groups in total.